The van der Waals surface area contributed by atoms with Crippen LogP contribution in [0.2, 0.25) is 0 Å². The molecule has 2 heteroatoms. The molecule has 0 radical (unpaired) electrons. The Labute approximate surface area is 108 Å². The summed E-state index contributed by atoms with van der Waals surface area (Å²) in [5.41, 5.74) is 0.344. The van der Waals surface area contributed by atoms with Gasteiger partial charge in [0.1, 0.15) is 0 Å². The van der Waals surface area contributed by atoms with Gasteiger partial charge < -0.3 is 5.32 Å². The van der Waals surface area contributed by atoms with Gasteiger partial charge >= 0.3 is 0 Å². The van der Waals surface area contributed by atoms with Gasteiger partial charge in [0.2, 0.25) is 0 Å². The van der Waals surface area contributed by atoms with Crippen LogP contribution in [-0.2, 0) is 0 Å². The number of rotatable bonds is 7. The highest BCUT2D eigenvalue weighted by molar-refractivity contribution is 4.93. The van der Waals surface area contributed by atoms with E-state index in [-0.39, 0.29) is 0 Å². The molecule has 0 aromatic carbocycles. The first kappa shape index (κ1) is 15.0. The van der Waals surface area contributed by atoms with Crippen LogP contribution in [0.4, 0.5) is 0 Å². The number of nitrogens with one attached hydrogen (secondary N) is 1. The Balaban J connectivity index is 2.40. The summed E-state index contributed by atoms with van der Waals surface area (Å²) >= 11 is 0. The van der Waals surface area contributed by atoms with E-state index in [9.17, 15) is 0 Å². The molecule has 0 aliphatic carbocycles. The molecule has 0 saturated carbocycles. The fourth-order valence-corrected chi connectivity index (χ4v) is 2.77. The third kappa shape index (κ3) is 4.59. The summed E-state index contributed by atoms with van der Waals surface area (Å²) < 4.78 is 0. The number of unbranched alkanes of at least 4 members (excludes halogenated alkanes) is 3. The zero-order valence-corrected chi connectivity index (χ0v) is 12.4. The van der Waals surface area contributed by atoms with E-state index >= 15 is 0 Å². The molecule has 1 saturated heterocycles. The van der Waals surface area contributed by atoms with Crippen LogP contribution in [0, 0.1) is 0 Å². The van der Waals surface area contributed by atoms with Crippen molar-refractivity contribution in [3.8, 4) is 0 Å². The van der Waals surface area contributed by atoms with Crippen LogP contribution < -0.4 is 5.32 Å². The van der Waals surface area contributed by atoms with E-state index < -0.39 is 0 Å². The Morgan fingerprint density at radius 2 is 1.94 bits per heavy atom. The van der Waals surface area contributed by atoms with Gasteiger partial charge in [-0.25, -0.2) is 0 Å². The molecule has 1 N–H and O–H groups in total. The standard InChI is InChI=1S/C15H32N2/c1-5-8-9-10-11-17-13-15(4,7-3)16-12-14(17)6-2/h14,16H,5-13H2,1-4H3. The summed E-state index contributed by atoms with van der Waals surface area (Å²) in [5.74, 6) is 0. The van der Waals surface area contributed by atoms with Crippen molar-refractivity contribution in [2.75, 3.05) is 19.6 Å². The lowest BCUT2D eigenvalue weighted by Gasteiger charge is -2.46. The van der Waals surface area contributed by atoms with Crippen LogP contribution in [0.1, 0.15) is 66.2 Å². The first-order valence-corrected chi connectivity index (χ1v) is 7.64. The van der Waals surface area contributed by atoms with Crippen LogP contribution in [-0.4, -0.2) is 36.1 Å². The van der Waals surface area contributed by atoms with E-state index in [2.05, 4.69) is 37.9 Å². The molecule has 1 aliphatic heterocycles. The van der Waals surface area contributed by atoms with Gasteiger partial charge in [-0.15, -0.1) is 0 Å². The zero-order valence-electron chi connectivity index (χ0n) is 12.4. The summed E-state index contributed by atoms with van der Waals surface area (Å²) in [6.45, 7) is 13.0. The molecule has 0 bridgehead atoms. The van der Waals surface area contributed by atoms with Gasteiger partial charge in [-0.1, -0.05) is 40.0 Å². The van der Waals surface area contributed by atoms with Gasteiger partial charge in [-0.3, -0.25) is 4.90 Å². The van der Waals surface area contributed by atoms with E-state index in [1.807, 2.05) is 0 Å². The topological polar surface area (TPSA) is 15.3 Å². The van der Waals surface area contributed by atoms with E-state index in [1.165, 1.54) is 58.2 Å². The van der Waals surface area contributed by atoms with Crippen molar-refractivity contribution in [1.82, 2.24) is 10.2 Å². The quantitative estimate of drug-likeness (QED) is 0.686. The number of hydrogen-bond donors (Lipinski definition) is 1. The molecule has 2 nitrogen and oxygen atoms in total. The molecule has 0 amide bonds. The number of hydrogen-bond acceptors (Lipinski definition) is 2. The Morgan fingerprint density at radius 3 is 2.53 bits per heavy atom. The van der Waals surface area contributed by atoms with Crippen molar-refractivity contribution in [1.29, 1.82) is 0 Å². The molecule has 102 valence electrons. The van der Waals surface area contributed by atoms with Crippen LogP contribution in [0.3, 0.4) is 0 Å². The highest BCUT2D eigenvalue weighted by Crippen LogP contribution is 2.20. The van der Waals surface area contributed by atoms with Gasteiger partial charge in [0.05, 0.1) is 0 Å². The molecule has 1 heterocycles. The highest BCUT2D eigenvalue weighted by Gasteiger charge is 2.33. The second kappa shape index (κ2) is 7.38. The summed E-state index contributed by atoms with van der Waals surface area (Å²) in [5, 5.41) is 3.74. The molecule has 1 rings (SSSR count). The monoisotopic (exact) mass is 240 g/mol. The fraction of sp³-hybridized carbons (Fsp3) is 1.00. The minimum atomic E-state index is 0.344. The summed E-state index contributed by atoms with van der Waals surface area (Å²) in [6, 6.07) is 0.760. The first-order chi connectivity index (χ1) is 8.15. The summed E-state index contributed by atoms with van der Waals surface area (Å²) in [4.78, 5) is 2.73. The lowest BCUT2D eigenvalue weighted by Crippen LogP contribution is -2.62. The van der Waals surface area contributed by atoms with Crippen molar-refractivity contribution in [3.05, 3.63) is 0 Å². The predicted molar refractivity (Wildman–Crippen MR) is 76.5 cm³/mol. The van der Waals surface area contributed by atoms with Gasteiger partial charge in [0, 0.05) is 24.7 Å². The number of piperazine rings is 1. The van der Waals surface area contributed by atoms with Gasteiger partial charge in [0.15, 0.2) is 0 Å². The maximum absolute atomic E-state index is 3.74. The molecule has 0 spiro atoms. The van der Waals surface area contributed by atoms with Crippen molar-refractivity contribution < 1.29 is 0 Å². The molecule has 17 heavy (non-hydrogen) atoms. The maximum atomic E-state index is 3.74. The van der Waals surface area contributed by atoms with E-state index in [1.54, 1.807) is 0 Å². The third-order valence-corrected chi connectivity index (χ3v) is 4.38. The molecular formula is C15H32N2. The highest BCUT2D eigenvalue weighted by atomic mass is 15.2. The zero-order chi connectivity index (χ0) is 12.7. The summed E-state index contributed by atoms with van der Waals surface area (Å²) in [6.07, 6.45) is 8.03. The minimum absolute atomic E-state index is 0.344. The van der Waals surface area contributed by atoms with Crippen molar-refractivity contribution in [3.63, 3.8) is 0 Å². The normalized spacial score (nSPS) is 30.7. The predicted octanol–water partition coefficient (Wildman–Crippen LogP) is 3.42. The SMILES string of the molecule is CCCCCCN1CC(C)(CC)NCC1CC. The van der Waals surface area contributed by atoms with Crippen LogP contribution >= 0.6 is 0 Å². The first-order valence-electron chi connectivity index (χ1n) is 7.64. The Kier molecular flexibility index (Phi) is 6.50. The largest absolute Gasteiger partial charge is 0.309 e. The molecule has 2 atom stereocenters. The van der Waals surface area contributed by atoms with Crippen LogP contribution in [0.25, 0.3) is 0 Å². The smallest absolute Gasteiger partial charge is 0.0278 e. The Hall–Kier alpha value is -0.0800. The van der Waals surface area contributed by atoms with E-state index in [4.69, 9.17) is 0 Å². The average molecular weight is 240 g/mol. The molecule has 1 aliphatic rings. The molecular weight excluding hydrogens is 208 g/mol. The summed E-state index contributed by atoms with van der Waals surface area (Å²) in [7, 11) is 0. The van der Waals surface area contributed by atoms with E-state index in [0.29, 0.717) is 5.54 Å². The molecule has 0 aromatic rings. The maximum Gasteiger partial charge on any atom is 0.0278 e. The van der Waals surface area contributed by atoms with Gasteiger partial charge in [-0.2, -0.15) is 0 Å². The molecule has 0 aromatic heterocycles. The van der Waals surface area contributed by atoms with E-state index in [0.717, 1.165) is 6.04 Å². The minimum Gasteiger partial charge on any atom is -0.309 e. The number of nitrogens with zero attached hydrogens (tertiary/aromatic N) is 1. The fourth-order valence-electron chi connectivity index (χ4n) is 2.77. The van der Waals surface area contributed by atoms with Crippen LogP contribution in [0.5, 0.6) is 0 Å². The van der Waals surface area contributed by atoms with Gasteiger partial charge in [-0.05, 0) is 32.7 Å². The van der Waals surface area contributed by atoms with Crippen LogP contribution in [0.15, 0.2) is 0 Å². The van der Waals surface area contributed by atoms with Gasteiger partial charge in [0.25, 0.3) is 0 Å². The lowest BCUT2D eigenvalue weighted by atomic mass is 9.92. The molecule has 1 fully saturated rings. The molecule has 2 unspecified atom stereocenters. The Bertz CT molecular complexity index is 205. The lowest BCUT2D eigenvalue weighted by molar-refractivity contribution is 0.0804. The second-order valence-electron chi connectivity index (χ2n) is 5.89. The second-order valence-corrected chi connectivity index (χ2v) is 5.89. The van der Waals surface area contributed by atoms with Crippen molar-refractivity contribution in [2.24, 2.45) is 0 Å². The van der Waals surface area contributed by atoms with Crippen molar-refractivity contribution in [2.45, 2.75) is 77.8 Å². The average Bonchev–Trinajstić information content (AvgIpc) is 2.35. The third-order valence-electron chi connectivity index (χ3n) is 4.38. The van der Waals surface area contributed by atoms with Crippen molar-refractivity contribution >= 4 is 0 Å². The Morgan fingerprint density at radius 1 is 1.18 bits per heavy atom.